The number of benzene rings is 2. The van der Waals surface area contributed by atoms with Gasteiger partial charge in [0.1, 0.15) is 11.9 Å². The van der Waals surface area contributed by atoms with Crippen LogP contribution in [0.25, 0.3) is 0 Å². The first-order chi connectivity index (χ1) is 15.3. The quantitative estimate of drug-likeness (QED) is 0.642. The van der Waals surface area contributed by atoms with Crippen LogP contribution in [0.5, 0.6) is 11.5 Å². The molecule has 2 aliphatic heterocycles. The number of piperidine rings is 1. The van der Waals surface area contributed by atoms with E-state index in [1.54, 1.807) is 6.20 Å². The molecule has 2 aromatic carbocycles. The van der Waals surface area contributed by atoms with Crippen molar-refractivity contribution in [2.24, 2.45) is 0 Å². The van der Waals surface area contributed by atoms with E-state index in [0.717, 1.165) is 54.4 Å². The highest BCUT2D eigenvalue weighted by Crippen LogP contribution is 2.33. The highest BCUT2D eigenvalue weighted by molar-refractivity contribution is 5.83. The number of ether oxygens (including phenoxy) is 2. The summed E-state index contributed by atoms with van der Waals surface area (Å²) in [6.45, 7) is 2.39. The third-order valence-electron chi connectivity index (χ3n) is 6.07. The summed E-state index contributed by atoms with van der Waals surface area (Å²) in [6.07, 6.45) is 5.63. The molecule has 3 heterocycles. The highest BCUT2D eigenvalue weighted by atomic mass is 16.7. The Bertz CT molecular complexity index is 1010. The second-order valence-corrected chi connectivity index (χ2v) is 8.00. The van der Waals surface area contributed by atoms with Crippen molar-refractivity contribution in [3.05, 3.63) is 77.9 Å². The molecular formula is C24H26N4O3. The van der Waals surface area contributed by atoms with Crippen LogP contribution < -0.4 is 14.8 Å². The van der Waals surface area contributed by atoms with Crippen molar-refractivity contribution < 1.29 is 14.3 Å². The Hall–Kier alpha value is -3.32. The van der Waals surface area contributed by atoms with E-state index in [2.05, 4.69) is 20.2 Å². The molecule has 1 atom stereocenters. The number of nitrogens with one attached hydrogen (secondary N) is 2. The Morgan fingerprint density at radius 2 is 1.94 bits per heavy atom. The first-order valence-electron chi connectivity index (χ1n) is 10.7. The van der Waals surface area contributed by atoms with E-state index < -0.39 is 0 Å². The van der Waals surface area contributed by atoms with Crippen LogP contribution in [0.2, 0.25) is 0 Å². The van der Waals surface area contributed by atoms with Crippen LogP contribution in [-0.2, 0) is 11.3 Å². The molecule has 160 valence electrons. The topological polar surface area (TPSA) is 79.5 Å². The maximum atomic E-state index is 13.3. The molecule has 1 aromatic heterocycles. The van der Waals surface area contributed by atoms with Crippen molar-refractivity contribution in [2.45, 2.75) is 31.3 Å². The standard InChI is InChI=1S/C24H26N4O3/c29-24(27-15-17-6-7-20-21(14-17)31-16-30-20)22(18-4-2-1-3-5-18)28-12-8-19(9-13-28)23-25-10-11-26-23/h1-7,10-11,14,19,22H,8-9,12-13,15-16H2,(H,25,26)(H,27,29)/t22-/m1/s1. The SMILES string of the molecule is O=C(NCc1ccc2c(c1)OCO2)[C@@H](c1ccccc1)N1CCC(c2ncc[nH]2)CC1. The van der Waals surface area contributed by atoms with Gasteiger partial charge in [-0.15, -0.1) is 0 Å². The number of H-pyrrole nitrogens is 1. The van der Waals surface area contributed by atoms with Crippen LogP contribution in [0.15, 0.2) is 60.9 Å². The van der Waals surface area contributed by atoms with Gasteiger partial charge in [-0.1, -0.05) is 36.4 Å². The monoisotopic (exact) mass is 418 g/mol. The minimum absolute atomic E-state index is 0.0142. The van der Waals surface area contributed by atoms with Crippen LogP contribution in [0.3, 0.4) is 0 Å². The van der Waals surface area contributed by atoms with Crippen molar-refractivity contribution in [1.29, 1.82) is 0 Å². The molecule has 0 bridgehead atoms. The number of fused-ring (bicyclic) bond motifs is 1. The van der Waals surface area contributed by atoms with Crippen LogP contribution in [0.1, 0.15) is 41.8 Å². The van der Waals surface area contributed by atoms with E-state index in [9.17, 15) is 4.79 Å². The van der Waals surface area contributed by atoms with E-state index in [1.807, 2.05) is 54.7 Å². The minimum atomic E-state index is -0.312. The molecule has 0 saturated carbocycles. The molecule has 0 spiro atoms. The fourth-order valence-corrected chi connectivity index (χ4v) is 4.43. The normalized spacial score (nSPS) is 17.4. The number of rotatable bonds is 6. The van der Waals surface area contributed by atoms with E-state index in [1.165, 1.54) is 0 Å². The van der Waals surface area contributed by atoms with Gasteiger partial charge in [0.05, 0.1) is 0 Å². The Labute approximate surface area is 181 Å². The number of carbonyl (C=O) groups excluding carboxylic acids is 1. The van der Waals surface area contributed by atoms with Gasteiger partial charge in [-0.05, 0) is 49.2 Å². The molecule has 5 rings (SSSR count). The number of hydrogen-bond donors (Lipinski definition) is 2. The van der Waals surface area contributed by atoms with Gasteiger partial charge in [0.25, 0.3) is 0 Å². The van der Waals surface area contributed by atoms with E-state index in [0.29, 0.717) is 12.5 Å². The Morgan fingerprint density at radius 1 is 1.13 bits per heavy atom. The predicted octanol–water partition coefficient (Wildman–Crippen LogP) is 3.38. The molecule has 1 fully saturated rings. The van der Waals surface area contributed by atoms with Crippen molar-refractivity contribution in [3.8, 4) is 11.5 Å². The molecule has 0 unspecified atom stereocenters. The van der Waals surface area contributed by atoms with Crippen LogP contribution in [-0.4, -0.2) is 40.7 Å². The smallest absolute Gasteiger partial charge is 0.242 e. The number of likely N-dealkylation sites (tertiary alicyclic amines) is 1. The summed E-state index contributed by atoms with van der Waals surface area (Å²) in [5.41, 5.74) is 2.00. The van der Waals surface area contributed by atoms with Gasteiger partial charge in [0.2, 0.25) is 12.7 Å². The molecule has 31 heavy (non-hydrogen) atoms. The lowest BCUT2D eigenvalue weighted by Crippen LogP contribution is -2.44. The third-order valence-corrected chi connectivity index (χ3v) is 6.07. The molecule has 3 aromatic rings. The predicted molar refractivity (Wildman–Crippen MR) is 116 cm³/mol. The molecular weight excluding hydrogens is 392 g/mol. The lowest BCUT2D eigenvalue weighted by Gasteiger charge is -2.36. The fourth-order valence-electron chi connectivity index (χ4n) is 4.43. The lowest BCUT2D eigenvalue weighted by atomic mass is 9.93. The number of carbonyl (C=O) groups is 1. The largest absolute Gasteiger partial charge is 0.454 e. The first kappa shape index (κ1) is 19.6. The van der Waals surface area contributed by atoms with Crippen LogP contribution in [0.4, 0.5) is 0 Å². The Kier molecular flexibility index (Phi) is 5.58. The van der Waals surface area contributed by atoms with E-state index in [4.69, 9.17) is 9.47 Å². The summed E-state index contributed by atoms with van der Waals surface area (Å²) in [7, 11) is 0. The van der Waals surface area contributed by atoms with Crippen LogP contribution >= 0.6 is 0 Å². The van der Waals surface area contributed by atoms with Gasteiger partial charge in [-0.2, -0.15) is 0 Å². The molecule has 0 radical (unpaired) electrons. The van der Waals surface area contributed by atoms with Crippen molar-refractivity contribution in [1.82, 2.24) is 20.2 Å². The summed E-state index contributed by atoms with van der Waals surface area (Å²) in [4.78, 5) is 23.3. The lowest BCUT2D eigenvalue weighted by molar-refractivity contribution is -0.127. The number of aromatic amines is 1. The van der Waals surface area contributed by atoms with Crippen molar-refractivity contribution in [3.63, 3.8) is 0 Å². The van der Waals surface area contributed by atoms with Gasteiger partial charge >= 0.3 is 0 Å². The van der Waals surface area contributed by atoms with Crippen molar-refractivity contribution >= 4 is 5.91 Å². The molecule has 2 N–H and O–H groups in total. The van der Waals surface area contributed by atoms with Crippen molar-refractivity contribution in [2.75, 3.05) is 19.9 Å². The van der Waals surface area contributed by atoms with Crippen LogP contribution in [0, 0.1) is 0 Å². The molecule has 7 heteroatoms. The average Bonchev–Trinajstić information content (AvgIpc) is 3.51. The van der Waals surface area contributed by atoms with Gasteiger partial charge in [0, 0.05) is 24.9 Å². The number of aromatic nitrogens is 2. The van der Waals surface area contributed by atoms with Gasteiger partial charge in [-0.3, -0.25) is 9.69 Å². The average molecular weight is 418 g/mol. The molecule has 1 amide bonds. The Balaban J connectivity index is 1.28. The second-order valence-electron chi connectivity index (χ2n) is 8.00. The number of amides is 1. The summed E-state index contributed by atoms with van der Waals surface area (Å²) >= 11 is 0. The fraction of sp³-hybridized carbons (Fsp3) is 0.333. The number of imidazole rings is 1. The van der Waals surface area contributed by atoms with Gasteiger partial charge < -0.3 is 19.8 Å². The van der Waals surface area contributed by atoms with E-state index >= 15 is 0 Å². The summed E-state index contributed by atoms with van der Waals surface area (Å²) in [6, 6.07) is 15.5. The molecule has 7 nitrogen and oxygen atoms in total. The number of nitrogens with zero attached hydrogens (tertiary/aromatic N) is 2. The first-order valence-corrected chi connectivity index (χ1v) is 10.7. The highest BCUT2D eigenvalue weighted by Gasteiger charge is 2.32. The maximum Gasteiger partial charge on any atom is 0.242 e. The molecule has 1 saturated heterocycles. The molecule has 0 aliphatic carbocycles. The summed E-state index contributed by atoms with van der Waals surface area (Å²) in [5, 5.41) is 3.13. The zero-order chi connectivity index (χ0) is 21.0. The number of hydrogen-bond acceptors (Lipinski definition) is 5. The van der Waals surface area contributed by atoms with E-state index in [-0.39, 0.29) is 18.7 Å². The summed E-state index contributed by atoms with van der Waals surface area (Å²) in [5.74, 6) is 2.95. The maximum absolute atomic E-state index is 13.3. The summed E-state index contributed by atoms with van der Waals surface area (Å²) < 4.78 is 10.8. The second kappa shape index (κ2) is 8.81. The third kappa shape index (κ3) is 4.27. The van der Waals surface area contributed by atoms with Gasteiger partial charge in [0.15, 0.2) is 11.5 Å². The zero-order valence-electron chi connectivity index (χ0n) is 17.3. The van der Waals surface area contributed by atoms with Gasteiger partial charge in [-0.25, -0.2) is 4.98 Å². The minimum Gasteiger partial charge on any atom is -0.454 e. The zero-order valence-corrected chi connectivity index (χ0v) is 17.3. The molecule has 2 aliphatic rings. The Morgan fingerprint density at radius 3 is 2.71 bits per heavy atom.